The van der Waals surface area contributed by atoms with Crippen LogP contribution >= 0.6 is 0 Å². The van der Waals surface area contributed by atoms with Crippen molar-refractivity contribution in [2.24, 2.45) is 5.92 Å². The number of hydrogen-bond donors (Lipinski definition) is 1. The van der Waals surface area contributed by atoms with Crippen LogP contribution in [0.3, 0.4) is 0 Å². The first-order valence-electron chi connectivity index (χ1n) is 5.75. The van der Waals surface area contributed by atoms with Crippen molar-refractivity contribution in [1.82, 2.24) is 5.32 Å². The molecule has 1 aliphatic rings. The van der Waals surface area contributed by atoms with Gasteiger partial charge in [-0.15, -0.1) is 0 Å². The van der Waals surface area contributed by atoms with Crippen molar-refractivity contribution in [1.29, 1.82) is 0 Å². The molecule has 1 aromatic rings. The van der Waals surface area contributed by atoms with Crippen LogP contribution in [-0.4, -0.2) is 13.0 Å². The lowest BCUT2D eigenvalue weighted by atomic mass is 10.0. The average Bonchev–Trinajstić information content (AvgIpc) is 3.04. The fraction of sp³-hybridized carbons (Fsp3) is 0.538. The van der Waals surface area contributed by atoms with Crippen LogP contribution in [0, 0.1) is 12.8 Å². The van der Waals surface area contributed by atoms with Gasteiger partial charge < -0.3 is 5.32 Å². The van der Waals surface area contributed by atoms with Gasteiger partial charge in [0.1, 0.15) is 0 Å². The Balaban J connectivity index is 2.03. The third-order valence-electron chi connectivity index (χ3n) is 3.02. The van der Waals surface area contributed by atoms with E-state index in [4.69, 9.17) is 0 Å². The molecule has 0 aliphatic heterocycles. The van der Waals surface area contributed by atoms with Gasteiger partial charge in [-0.2, -0.15) is 0 Å². The summed E-state index contributed by atoms with van der Waals surface area (Å²) in [5, 5.41) is 2.97. The van der Waals surface area contributed by atoms with E-state index in [2.05, 4.69) is 5.32 Å². The Morgan fingerprint density at radius 2 is 1.88 bits per heavy atom. The molecule has 1 nitrogen and oxygen atoms in total. The largest absolute Gasteiger partial charge is 0.304 e. The summed E-state index contributed by atoms with van der Waals surface area (Å²) in [6, 6.07) is 8.26. The number of hydrogen-bond acceptors (Lipinski definition) is 1. The van der Waals surface area contributed by atoms with Gasteiger partial charge in [0.05, 0.1) is 6.54 Å². The highest BCUT2D eigenvalue weighted by Gasteiger charge is 2.32. The zero-order chi connectivity index (χ0) is 11.5. The van der Waals surface area contributed by atoms with Crippen LogP contribution in [0.15, 0.2) is 24.3 Å². The summed E-state index contributed by atoms with van der Waals surface area (Å²) in [6.07, 6.45) is 0.0236. The average molecular weight is 225 g/mol. The lowest BCUT2D eigenvalue weighted by Gasteiger charge is -2.18. The molecule has 1 aromatic carbocycles. The second-order valence-electron chi connectivity index (χ2n) is 4.53. The molecule has 1 unspecified atom stereocenters. The summed E-state index contributed by atoms with van der Waals surface area (Å²) in [5.41, 5.74) is 2.33. The van der Waals surface area contributed by atoms with Gasteiger partial charge in [0.25, 0.3) is 6.43 Å². The predicted molar refractivity (Wildman–Crippen MR) is 60.7 cm³/mol. The Morgan fingerprint density at radius 1 is 1.25 bits per heavy atom. The number of aryl methyl sites for hydroxylation is 1. The van der Waals surface area contributed by atoms with Gasteiger partial charge in [0, 0.05) is 6.04 Å². The second-order valence-corrected chi connectivity index (χ2v) is 4.53. The highest BCUT2D eigenvalue weighted by atomic mass is 19.3. The van der Waals surface area contributed by atoms with Gasteiger partial charge in [-0.05, 0) is 31.2 Å². The Kier molecular flexibility index (Phi) is 3.54. The van der Waals surface area contributed by atoms with Crippen molar-refractivity contribution in [2.75, 3.05) is 6.54 Å². The number of halogens is 2. The predicted octanol–water partition coefficient (Wildman–Crippen LogP) is 3.30. The van der Waals surface area contributed by atoms with Crippen molar-refractivity contribution < 1.29 is 8.78 Å². The molecule has 1 N–H and O–H groups in total. The van der Waals surface area contributed by atoms with E-state index < -0.39 is 6.43 Å². The van der Waals surface area contributed by atoms with E-state index in [0.717, 1.165) is 18.4 Å². The van der Waals surface area contributed by atoms with Crippen molar-refractivity contribution in [3.05, 3.63) is 35.4 Å². The van der Waals surface area contributed by atoms with Crippen LogP contribution in [0.5, 0.6) is 0 Å². The Hall–Kier alpha value is -0.960. The van der Waals surface area contributed by atoms with Gasteiger partial charge >= 0.3 is 0 Å². The Bertz CT molecular complexity index is 330. The third kappa shape index (κ3) is 3.01. The first-order chi connectivity index (χ1) is 7.66. The Labute approximate surface area is 94.9 Å². The molecule has 1 atom stereocenters. The lowest BCUT2D eigenvalue weighted by molar-refractivity contribution is 0.139. The maximum Gasteiger partial charge on any atom is 0.250 e. The first-order valence-corrected chi connectivity index (χ1v) is 5.75. The molecular formula is C13H17F2N. The lowest BCUT2D eigenvalue weighted by Crippen LogP contribution is -2.27. The maximum absolute atomic E-state index is 12.2. The molecule has 1 fully saturated rings. The minimum Gasteiger partial charge on any atom is -0.304 e. The van der Waals surface area contributed by atoms with E-state index in [0.29, 0.717) is 5.92 Å². The van der Waals surface area contributed by atoms with Crippen LogP contribution in [0.4, 0.5) is 8.78 Å². The van der Waals surface area contributed by atoms with E-state index in [1.165, 1.54) is 5.56 Å². The summed E-state index contributed by atoms with van der Waals surface area (Å²) in [7, 11) is 0. The van der Waals surface area contributed by atoms with Gasteiger partial charge in [0.2, 0.25) is 0 Å². The molecule has 0 saturated heterocycles. The molecule has 16 heavy (non-hydrogen) atoms. The van der Waals surface area contributed by atoms with Crippen LogP contribution in [-0.2, 0) is 0 Å². The molecule has 0 radical (unpaired) electrons. The monoisotopic (exact) mass is 225 g/mol. The molecule has 0 spiro atoms. The summed E-state index contributed by atoms with van der Waals surface area (Å²) in [4.78, 5) is 0. The van der Waals surface area contributed by atoms with E-state index in [1.54, 1.807) is 0 Å². The summed E-state index contributed by atoms with van der Waals surface area (Å²) >= 11 is 0. The second kappa shape index (κ2) is 4.91. The molecule has 1 aliphatic carbocycles. The highest BCUT2D eigenvalue weighted by Crippen LogP contribution is 2.41. The number of nitrogens with one attached hydrogen (secondary N) is 1. The molecule has 88 valence electrons. The molecular weight excluding hydrogens is 208 g/mol. The molecule has 2 rings (SSSR count). The summed E-state index contributed by atoms with van der Waals surface area (Å²) < 4.78 is 24.4. The van der Waals surface area contributed by atoms with Gasteiger partial charge in [0.15, 0.2) is 0 Å². The molecule has 0 aromatic heterocycles. The molecule has 0 amide bonds. The first kappa shape index (κ1) is 11.5. The van der Waals surface area contributed by atoms with Crippen LogP contribution in [0.2, 0.25) is 0 Å². The van der Waals surface area contributed by atoms with Gasteiger partial charge in [-0.3, -0.25) is 0 Å². The van der Waals surface area contributed by atoms with Crippen molar-refractivity contribution in [3.63, 3.8) is 0 Å². The maximum atomic E-state index is 12.2. The van der Waals surface area contributed by atoms with Crippen molar-refractivity contribution in [3.8, 4) is 0 Å². The van der Waals surface area contributed by atoms with Gasteiger partial charge in [-0.1, -0.05) is 29.8 Å². The van der Waals surface area contributed by atoms with E-state index in [1.807, 2.05) is 31.2 Å². The van der Waals surface area contributed by atoms with E-state index >= 15 is 0 Å². The number of benzene rings is 1. The minimum absolute atomic E-state index is 0.106. The number of alkyl halides is 2. The van der Waals surface area contributed by atoms with Crippen LogP contribution in [0.25, 0.3) is 0 Å². The normalized spacial score (nSPS) is 17.8. The highest BCUT2D eigenvalue weighted by molar-refractivity contribution is 5.25. The molecule has 1 saturated carbocycles. The quantitative estimate of drug-likeness (QED) is 0.810. The van der Waals surface area contributed by atoms with Gasteiger partial charge in [-0.25, -0.2) is 8.78 Å². The van der Waals surface area contributed by atoms with Crippen molar-refractivity contribution >= 4 is 0 Å². The van der Waals surface area contributed by atoms with Crippen molar-refractivity contribution in [2.45, 2.75) is 32.2 Å². The minimum atomic E-state index is -2.27. The fourth-order valence-electron chi connectivity index (χ4n) is 1.98. The fourth-order valence-corrected chi connectivity index (χ4v) is 1.98. The summed E-state index contributed by atoms with van der Waals surface area (Å²) in [5.74, 6) is 0.543. The van der Waals surface area contributed by atoms with E-state index in [-0.39, 0.29) is 12.6 Å². The zero-order valence-corrected chi connectivity index (χ0v) is 9.42. The topological polar surface area (TPSA) is 12.0 Å². The third-order valence-corrected chi connectivity index (χ3v) is 3.02. The SMILES string of the molecule is Cc1ccc(C(NCC(F)F)C2CC2)cc1. The summed E-state index contributed by atoms with van der Waals surface area (Å²) in [6.45, 7) is 1.82. The standard InChI is InChI=1S/C13H17F2N/c1-9-2-4-10(5-3-9)13(11-6-7-11)16-8-12(14)15/h2-5,11-13,16H,6-8H2,1H3. The molecule has 3 heteroatoms. The van der Waals surface area contributed by atoms with Crippen LogP contribution in [0.1, 0.15) is 30.0 Å². The smallest absolute Gasteiger partial charge is 0.250 e. The molecule has 0 bridgehead atoms. The van der Waals surface area contributed by atoms with E-state index in [9.17, 15) is 8.78 Å². The zero-order valence-electron chi connectivity index (χ0n) is 9.42. The Morgan fingerprint density at radius 3 is 2.38 bits per heavy atom. The molecule has 0 heterocycles. The number of rotatable bonds is 5. The van der Waals surface area contributed by atoms with Crippen LogP contribution < -0.4 is 5.32 Å².